The van der Waals surface area contributed by atoms with Crippen LogP contribution in [0.3, 0.4) is 0 Å². The number of carbonyl (C=O) groups is 1. The SMILES string of the molecule is COCCCCSc1nc(C)c(CC(=O)O)s1. The molecule has 0 atom stereocenters. The van der Waals surface area contributed by atoms with E-state index in [-0.39, 0.29) is 6.42 Å². The van der Waals surface area contributed by atoms with Crippen LogP contribution in [0.2, 0.25) is 0 Å². The van der Waals surface area contributed by atoms with E-state index in [1.54, 1.807) is 18.9 Å². The van der Waals surface area contributed by atoms with Crippen molar-refractivity contribution in [1.82, 2.24) is 4.98 Å². The fourth-order valence-corrected chi connectivity index (χ4v) is 3.57. The van der Waals surface area contributed by atoms with Gasteiger partial charge in [-0.15, -0.1) is 11.3 Å². The molecule has 1 N–H and O–H groups in total. The van der Waals surface area contributed by atoms with E-state index in [4.69, 9.17) is 9.84 Å². The van der Waals surface area contributed by atoms with Crippen molar-refractivity contribution in [2.45, 2.75) is 30.5 Å². The van der Waals surface area contributed by atoms with Gasteiger partial charge in [0, 0.05) is 24.3 Å². The number of thiazole rings is 1. The zero-order valence-corrected chi connectivity index (χ0v) is 11.7. The van der Waals surface area contributed by atoms with Crippen molar-refractivity contribution < 1.29 is 14.6 Å². The summed E-state index contributed by atoms with van der Waals surface area (Å²) in [5.41, 5.74) is 0.844. The Hall–Kier alpha value is -0.590. The Morgan fingerprint density at radius 3 is 2.94 bits per heavy atom. The molecule has 4 nitrogen and oxygen atoms in total. The number of carboxylic acids is 1. The van der Waals surface area contributed by atoms with E-state index in [0.717, 1.165) is 40.1 Å². The molecule has 0 bridgehead atoms. The largest absolute Gasteiger partial charge is 0.481 e. The first-order valence-corrected chi connectivity index (χ1v) is 7.23. The summed E-state index contributed by atoms with van der Waals surface area (Å²) in [5.74, 6) is 0.205. The van der Waals surface area contributed by atoms with E-state index in [0.29, 0.717) is 0 Å². The number of rotatable bonds is 8. The molecular weight excluding hydrogens is 258 g/mol. The number of nitrogens with zero attached hydrogens (tertiary/aromatic N) is 1. The van der Waals surface area contributed by atoms with Gasteiger partial charge >= 0.3 is 5.97 Å². The molecule has 1 heterocycles. The van der Waals surface area contributed by atoms with Crippen molar-refractivity contribution >= 4 is 29.1 Å². The van der Waals surface area contributed by atoms with Crippen molar-refractivity contribution in [1.29, 1.82) is 0 Å². The smallest absolute Gasteiger partial charge is 0.308 e. The van der Waals surface area contributed by atoms with Crippen molar-refractivity contribution in [2.75, 3.05) is 19.5 Å². The first kappa shape index (κ1) is 14.5. The molecule has 1 rings (SSSR count). The first-order chi connectivity index (χ1) is 8.13. The Balaban J connectivity index is 2.36. The first-order valence-electron chi connectivity index (χ1n) is 5.43. The molecule has 0 saturated heterocycles. The van der Waals surface area contributed by atoms with Gasteiger partial charge in [0.15, 0.2) is 0 Å². The van der Waals surface area contributed by atoms with Gasteiger partial charge in [0.1, 0.15) is 4.34 Å². The Labute approximate surface area is 109 Å². The predicted octanol–water partition coefficient (Wildman–Crippen LogP) is 2.60. The second-order valence-electron chi connectivity index (χ2n) is 3.61. The van der Waals surface area contributed by atoms with Gasteiger partial charge in [0.05, 0.1) is 12.1 Å². The summed E-state index contributed by atoms with van der Waals surface area (Å²) in [5, 5.41) is 8.73. The van der Waals surface area contributed by atoms with E-state index < -0.39 is 5.97 Å². The molecule has 0 amide bonds. The zero-order chi connectivity index (χ0) is 12.7. The maximum atomic E-state index is 10.6. The summed E-state index contributed by atoms with van der Waals surface area (Å²) in [6.07, 6.45) is 2.22. The molecule has 0 saturated carbocycles. The van der Waals surface area contributed by atoms with Crippen LogP contribution in [0.15, 0.2) is 4.34 Å². The summed E-state index contributed by atoms with van der Waals surface area (Å²) in [4.78, 5) is 15.8. The minimum atomic E-state index is -0.798. The van der Waals surface area contributed by atoms with Gasteiger partial charge < -0.3 is 9.84 Å². The third kappa shape index (κ3) is 5.52. The molecule has 1 aromatic heterocycles. The molecule has 0 radical (unpaired) electrons. The van der Waals surface area contributed by atoms with Crippen molar-refractivity contribution in [3.8, 4) is 0 Å². The lowest BCUT2D eigenvalue weighted by Crippen LogP contribution is -1.99. The fraction of sp³-hybridized carbons (Fsp3) is 0.636. The Kier molecular flexibility index (Phi) is 6.54. The topological polar surface area (TPSA) is 59.4 Å². The second kappa shape index (κ2) is 7.68. The molecule has 0 aliphatic heterocycles. The van der Waals surface area contributed by atoms with Gasteiger partial charge in [0.25, 0.3) is 0 Å². The summed E-state index contributed by atoms with van der Waals surface area (Å²) < 4.78 is 5.94. The van der Waals surface area contributed by atoms with Gasteiger partial charge in [-0.3, -0.25) is 4.79 Å². The molecule has 0 spiro atoms. The summed E-state index contributed by atoms with van der Waals surface area (Å²) in [6.45, 7) is 2.66. The number of hydrogen-bond donors (Lipinski definition) is 1. The van der Waals surface area contributed by atoms with E-state index in [1.165, 1.54) is 11.3 Å². The molecule has 0 aliphatic carbocycles. The molecule has 6 heteroatoms. The summed E-state index contributed by atoms with van der Waals surface area (Å²) in [6, 6.07) is 0. The number of unbranched alkanes of at least 4 members (excludes halogenated alkanes) is 1. The maximum absolute atomic E-state index is 10.6. The van der Waals surface area contributed by atoms with Crippen molar-refractivity contribution in [2.24, 2.45) is 0 Å². The number of aryl methyl sites for hydroxylation is 1. The lowest BCUT2D eigenvalue weighted by molar-refractivity contribution is -0.136. The number of aromatic nitrogens is 1. The highest BCUT2D eigenvalue weighted by atomic mass is 32.2. The third-order valence-corrected chi connectivity index (χ3v) is 4.54. The highest BCUT2D eigenvalue weighted by molar-refractivity contribution is 8.01. The van der Waals surface area contributed by atoms with E-state index in [9.17, 15) is 4.79 Å². The molecular formula is C11H17NO3S2. The second-order valence-corrected chi connectivity index (χ2v) is 6.03. The molecule has 0 aromatic carbocycles. The highest BCUT2D eigenvalue weighted by Crippen LogP contribution is 2.28. The summed E-state index contributed by atoms with van der Waals surface area (Å²) in [7, 11) is 1.70. The lowest BCUT2D eigenvalue weighted by atomic mass is 10.3. The average molecular weight is 275 g/mol. The predicted molar refractivity (Wildman–Crippen MR) is 70.0 cm³/mol. The number of ether oxygens (including phenoxy) is 1. The Morgan fingerprint density at radius 1 is 1.53 bits per heavy atom. The molecule has 0 aliphatic rings. The van der Waals surface area contributed by atoms with E-state index >= 15 is 0 Å². The van der Waals surface area contributed by atoms with E-state index in [1.807, 2.05) is 6.92 Å². The Bertz CT molecular complexity index is 366. The molecule has 1 aromatic rings. The quantitative estimate of drug-likeness (QED) is 0.584. The maximum Gasteiger partial charge on any atom is 0.308 e. The molecule has 96 valence electrons. The average Bonchev–Trinajstić information content (AvgIpc) is 2.58. The number of carboxylic acid groups (broad SMARTS) is 1. The van der Waals surface area contributed by atoms with Crippen LogP contribution in [0, 0.1) is 6.92 Å². The molecule has 17 heavy (non-hydrogen) atoms. The Morgan fingerprint density at radius 2 is 2.29 bits per heavy atom. The fourth-order valence-electron chi connectivity index (χ4n) is 1.27. The number of thioether (sulfide) groups is 1. The van der Waals surface area contributed by atoms with Crippen molar-refractivity contribution in [3.05, 3.63) is 10.6 Å². The monoisotopic (exact) mass is 275 g/mol. The van der Waals surface area contributed by atoms with Gasteiger partial charge in [-0.05, 0) is 19.8 Å². The van der Waals surface area contributed by atoms with Crippen LogP contribution < -0.4 is 0 Å². The van der Waals surface area contributed by atoms with Crippen molar-refractivity contribution in [3.63, 3.8) is 0 Å². The van der Waals surface area contributed by atoms with Gasteiger partial charge in [0.2, 0.25) is 0 Å². The zero-order valence-electron chi connectivity index (χ0n) is 10.1. The van der Waals surface area contributed by atoms with Crippen LogP contribution in [0.1, 0.15) is 23.4 Å². The van der Waals surface area contributed by atoms with Gasteiger partial charge in [-0.2, -0.15) is 0 Å². The van der Waals surface area contributed by atoms with E-state index in [2.05, 4.69) is 4.98 Å². The van der Waals surface area contributed by atoms with Crippen LogP contribution in [-0.2, 0) is 16.0 Å². The third-order valence-electron chi connectivity index (χ3n) is 2.15. The lowest BCUT2D eigenvalue weighted by Gasteiger charge is -1.97. The number of hydrogen-bond acceptors (Lipinski definition) is 5. The normalized spacial score (nSPS) is 10.7. The van der Waals surface area contributed by atoms with Crippen LogP contribution >= 0.6 is 23.1 Å². The van der Waals surface area contributed by atoms with Crippen LogP contribution in [-0.4, -0.2) is 35.5 Å². The van der Waals surface area contributed by atoms with Gasteiger partial charge in [-0.1, -0.05) is 11.8 Å². The summed E-state index contributed by atoms with van der Waals surface area (Å²) >= 11 is 3.18. The molecule has 0 unspecified atom stereocenters. The van der Waals surface area contributed by atoms with Crippen LogP contribution in [0.25, 0.3) is 0 Å². The number of methoxy groups -OCH3 is 1. The standard InChI is InChI=1S/C11H17NO3S2/c1-8-9(7-10(13)14)17-11(12-8)16-6-4-3-5-15-2/h3-7H2,1-2H3,(H,13,14). The number of aliphatic carboxylic acids is 1. The minimum Gasteiger partial charge on any atom is -0.481 e. The molecule has 0 fully saturated rings. The van der Waals surface area contributed by atoms with Crippen LogP contribution in [0.4, 0.5) is 0 Å². The highest BCUT2D eigenvalue weighted by Gasteiger charge is 2.10. The minimum absolute atomic E-state index is 0.0771. The van der Waals surface area contributed by atoms with Crippen LogP contribution in [0.5, 0.6) is 0 Å². The van der Waals surface area contributed by atoms with Gasteiger partial charge in [-0.25, -0.2) is 4.98 Å².